The van der Waals surface area contributed by atoms with E-state index >= 15 is 0 Å². The van der Waals surface area contributed by atoms with Crippen LogP contribution in [0.1, 0.15) is 18.4 Å². The first-order valence-corrected chi connectivity index (χ1v) is 7.78. The van der Waals surface area contributed by atoms with Gasteiger partial charge in [-0.15, -0.1) is 0 Å². The van der Waals surface area contributed by atoms with Gasteiger partial charge in [-0.3, -0.25) is 0 Å². The zero-order valence-electron chi connectivity index (χ0n) is 10.2. The minimum absolute atomic E-state index is 0.173. The number of hydrogen-bond acceptors (Lipinski definition) is 3. The van der Waals surface area contributed by atoms with Crippen LogP contribution in [-0.2, 0) is 10.0 Å². The van der Waals surface area contributed by atoms with E-state index in [-0.39, 0.29) is 10.9 Å². The molecule has 0 amide bonds. The number of nitrogens with one attached hydrogen (secondary N) is 1. The third kappa shape index (κ3) is 3.03. The molecule has 0 spiro atoms. The van der Waals surface area contributed by atoms with Crippen LogP contribution in [0.3, 0.4) is 0 Å². The topological polar surface area (TPSA) is 72.2 Å². The van der Waals surface area contributed by atoms with Crippen LogP contribution in [0.2, 0.25) is 5.02 Å². The molecule has 1 atom stereocenters. The second kappa shape index (κ2) is 5.17. The van der Waals surface area contributed by atoms with Crippen LogP contribution < -0.4 is 10.5 Å². The lowest BCUT2D eigenvalue weighted by atomic mass is 10.2. The van der Waals surface area contributed by atoms with Gasteiger partial charge in [0.1, 0.15) is 0 Å². The van der Waals surface area contributed by atoms with E-state index in [4.69, 9.17) is 17.3 Å². The zero-order chi connectivity index (χ0) is 13.3. The predicted octanol–water partition coefficient (Wildman–Crippen LogP) is 1.66. The lowest BCUT2D eigenvalue weighted by Gasteiger charge is -2.17. The average molecular weight is 289 g/mol. The molecular formula is C12H17ClN2O2S. The van der Waals surface area contributed by atoms with Gasteiger partial charge in [-0.2, -0.15) is 0 Å². The Bertz CT molecular complexity index is 541. The maximum absolute atomic E-state index is 12.3. The van der Waals surface area contributed by atoms with Gasteiger partial charge in [-0.1, -0.05) is 17.7 Å². The van der Waals surface area contributed by atoms with Crippen LogP contribution in [0.5, 0.6) is 0 Å². The Labute approximate surface area is 113 Å². The molecule has 1 aromatic rings. The number of sulfonamides is 1. The summed E-state index contributed by atoms with van der Waals surface area (Å²) < 4.78 is 27.2. The first-order valence-electron chi connectivity index (χ1n) is 5.92. The highest BCUT2D eigenvalue weighted by atomic mass is 35.5. The van der Waals surface area contributed by atoms with Crippen molar-refractivity contribution < 1.29 is 8.42 Å². The van der Waals surface area contributed by atoms with Gasteiger partial charge in [0.15, 0.2) is 0 Å². The van der Waals surface area contributed by atoms with E-state index in [0.717, 1.165) is 12.8 Å². The molecule has 0 aromatic heterocycles. The standard InChI is InChI=1S/C12H17ClN2O2S/c1-8-2-5-10(13)6-12(8)18(16,17)15-11(7-14)9-3-4-9/h2,5-6,9,11,15H,3-4,7,14H2,1H3. The maximum atomic E-state index is 12.3. The smallest absolute Gasteiger partial charge is 0.241 e. The monoisotopic (exact) mass is 288 g/mol. The molecule has 1 aliphatic carbocycles. The van der Waals surface area contributed by atoms with Gasteiger partial charge in [-0.25, -0.2) is 13.1 Å². The largest absolute Gasteiger partial charge is 0.329 e. The summed E-state index contributed by atoms with van der Waals surface area (Å²) in [6, 6.07) is 4.68. The van der Waals surface area contributed by atoms with Gasteiger partial charge in [-0.05, 0) is 43.4 Å². The van der Waals surface area contributed by atoms with E-state index in [0.29, 0.717) is 23.0 Å². The zero-order valence-corrected chi connectivity index (χ0v) is 11.8. The Hall–Kier alpha value is -0.620. The van der Waals surface area contributed by atoms with Crippen molar-refractivity contribution >= 4 is 21.6 Å². The minimum Gasteiger partial charge on any atom is -0.329 e. The van der Waals surface area contributed by atoms with Crippen molar-refractivity contribution in [3.63, 3.8) is 0 Å². The summed E-state index contributed by atoms with van der Waals surface area (Å²) in [7, 11) is -3.54. The Kier molecular flexibility index (Phi) is 3.96. The molecule has 2 rings (SSSR count). The Morgan fingerprint density at radius 2 is 2.17 bits per heavy atom. The highest BCUT2D eigenvalue weighted by Crippen LogP contribution is 2.33. The number of rotatable bonds is 5. The molecule has 1 fully saturated rings. The molecule has 1 aromatic carbocycles. The molecule has 6 heteroatoms. The van der Waals surface area contributed by atoms with Gasteiger partial charge in [0, 0.05) is 17.6 Å². The SMILES string of the molecule is Cc1ccc(Cl)cc1S(=O)(=O)NC(CN)C1CC1. The van der Waals surface area contributed by atoms with Crippen LogP contribution in [0, 0.1) is 12.8 Å². The third-order valence-corrected chi connectivity index (χ3v) is 5.06. The van der Waals surface area contributed by atoms with Crippen molar-refractivity contribution in [2.45, 2.75) is 30.7 Å². The molecule has 3 N–H and O–H groups in total. The molecule has 1 unspecified atom stereocenters. The number of hydrogen-bond donors (Lipinski definition) is 2. The number of aryl methyl sites for hydroxylation is 1. The molecule has 0 aliphatic heterocycles. The molecule has 1 saturated carbocycles. The molecule has 100 valence electrons. The second-order valence-electron chi connectivity index (χ2n) is 4.71. The summed E-state index contributed by atoms with van der Waals surface area (Å²) >= 11 is 5.85. The highest BCUT2D eigenvalue weighted by Gasteiger charge is 2.33. The molecule has 0 bridgehead atoms. The van der Waals surface area contributed by atoms with E-state index in [1.165, 1.54) is 6.07 Å². The van der Waals surface area contributed by atoms with E-state index in [1.54, 1.807) is 19.1 Å². The Balaban J connectivity index is 2.26. The summed E-state index contributed by atoms with van der Waals surface area (Å²) in [4.78, 5) is 0.231. The highest BCUT2D eigenvalue weighted by molar-refractivity contribution is 7.89. The van der Waals surface area contributed by atoms with Crippen molar-refractivity contribution in [3.8, 4) is 0 Å². The van der Waals surface area contributed by atoms with E-state index < -0.39 is 10.0 Å². The van der Waals surface area contributed by atoms with E-state index in [1.807, 2.05) is 0 Å². The summed E-state index contributed by atoms with van der Waals surface area (Å²) in [6.45, 7) is 2.07. The Morgan fingerprint density at radius 3 is 2.72 bits per heavy atom. The van der Waals surface area contributed by atoms with Crippen LogP contribution in [0.25, 0.3) is 0 Å². The van der Waals surface area contributed by atoms with E-state index in [9.17, 15) is 8.42 Å². The fourth-order valence-electron chi connectivity index (χ4n) is 1.96. The third-order valence-electron chi connectivity index (χ3n) is 3.19. The quantitative estimate of drug-likeness (QED) is 0.865. The Morgan fingerprint density at radius 1 is 1.50 bits per heavy atom. The van der Waals surface area contributed by atoms with Gasteiger partial charge in [0.25, 0.3) is 0 Å². The minimum atomic E-state index is -3.54. The molecule has 4 nitrogen and oxygen atoms in total. The molecule has 18 heavy (non-hydrogen) atoms. The van der Waals surface area contributed by atoms with Crippen LogP contribution in [0.15, 0.2) is 23.1 Å². The predicted molar refractivity (Wildman–Crippen MR) is 72.1 cm³/mol. The molecular weight excluding hydrogens is 272 g/mol. The van der Waals surface area contributed by atoms with Crippen molar-refractivity contribution in [2.75, 3.05) is 6.54 Å². The van der Waals surface area contributed by atoms with Gasteiger partial charge in [0.05, 0.1) is 4.90 Å². The number of benzene rings is 1. The lowest BCUT2D eigenvalue weighted by molar-refractivity contribution is 0.519. The van der Waals surface area contributed by atoms with Crippen LogP contribution in [-0.4, -0.2) is 21.0 Å². The number of nitrogens with two attached hydrogens (primary N) is 1. The molecule has 0 heterocycles. The first-order chi connectivity index (χ1) is 8.44. The van der Waals surface area contributed by atoms with Gasteiger partial charge in [0.2, 0.25) is 10.0 Å². The first kappa shape index (κ1) is 13.8. The van der Waals surface area contributed by atoms with Crippen molar-refractivity contribution in [3.05, 3.63) is 28.8 Å². The van der Waals surface area contributed by atoms with Crippen molar-refractivity contribution in [2.24, 2.45) is 11.7 Å². The normalized spacial score (nSPS) is 17.7. The molecule has 0 radical (unpaired) electrons. The van der Waals surface area contributed by atoms with Crippen LogP contribution >= 0.6 is 11.6 Å². The lowest BCUT2D eigenvalue weighted by Crippen LogP contribution is -2.41. The second-order valence-corrected chi connectivity index (χ2v) is 6.83. The average Bonchev–Trinajstić information content (AvgIpc) is 3.13. The van der Waals surface area contributed by atoms with Gasteiger partial charge >= 0.3 is 0 Å². The van der Waals surface area contributed by atoms with Crippen molar-refractivity contribution in [1.29, 1.82) is 0 Å². The van der Waals surface area contributed by atoms with Crippen molar-refractivity contribution in [1.82, 2.24) is 4.72 Å². The molecule has 0 saturated heterocycles. The summed E-state index contributed by atoms with van der Waals surface area (Å²) in [5, 5.41) is 0.414. The maximum Gasteiger partial charge on any atom is 0.241 e. The summed E-state index contributed by atoms with van der Waals surface area (Å²) in [6.07, 6.45) is 2.08. The fourth-order valence-corrected chi connectivity index (χ4v) is 3.79. The fraction of sp³-hybridized carbons (Fsp3) is 0.500. The summed E-state index contributed by atoms with van der Waals surface area (Å²) in [5.74, 6) is 0.379. The molecule has 1 aliphatic rings. The van der Waals surface area contributed by atoms with Gasteiger partial charge < -0.3 is 5.73 Å². The summed E-state index contributed by atoms with van der Waals surface area (Å²) in [5.41, 5.74) is 6.29. The van der Waals surface area contributed by atoms with E-state index in [2.05, 4.69) is 4.72 Å². The number of halogens is 1. The van der Waals surface area contributed by atoms with Crippen LogP contribution in [0.4, 0.5) is 0 Å².